The van der Waals surface area contributed by atoms with E-state index in [4.69, 9.17) is 19.7 Å². The number of hydrogen-bond donors (Lipinski definition) is 2. The Morgan fingerprint density at radius 3 is 1.76 bits per heavy atom. The summed E-state index contributed by atoms with van der Waals surface area (Å²) < 4.78 is 9.94. The highest BCUT2D eigenvalue weighted by atomic mass is 16.5. The van der Waals surface area contributed by atoms with Gasteiger partial charge in [-0.15, -0.1) is 0 Å². The van der Waals surface area contributed by atoms with Crippen molar-refractivity contribution in [3.8, 4) is 11.5 Å². The Hall–Kier alpha value is -3.62. The van der Waals surface area contributed by atoms with Crippen molar-refractivity contribution in [2.24, 2.45) is 5.11 Å². The average Bonchev–Trinajstić information content (AvgIpc) is 2.59. The van der Waals surface area contributed by atoms with E-state index in [0.29, 0.717) is 22.0 Å². The predicted octanol–water partition coefficient (Wildman–Crippen LogP) is 2.54. The van der Waals surface area contributed by atoms with Crippen molar-refractivity contribution >= 4 is 23.3 Å². The van der Waals surface area contributed by atoms with Crippen LogP contribution in [0, 0.1) is 5.21 Å². The smallest absolute Gasteiger partial charge is 0.341 e. The molecular weight excluding hydrogens is 332 g/mol. The number of carbonyl (C=O) groups is 2. The largest absolute Gasteiger partial charge is 0.594 e. The highest BCUT2D eigenvalue weighted by molar-refractivity contribution is 5.68. The monoisotopic (exact) mass is 346 g/mol. The fourth-order valence-electron chi connectivity index (χ4n) is 1.73. The van der Waals surface area contributed by atoms with Crippen LogP contribution in [-0.2, 0) is 9.59 Å². The van der Waals surface area contributed by atoms with E-state index < -0.39 is 25.2 Å². The number of carboxylic acids is 2. The van der Waals surface area contributed by atoms with Gasteiger partial charge in [-0.25, -0.2) is 9.59 Å². The molecule has 0 heterocycles. The van der Waals surface area contributed by atoms with Crippen molar-refractivity contribution in [1.29, 1.82) is 0 Å². The van der Waals surface area contributed by atoms with Gasteiger partial charge in [0.05, 0.1) is 0 Å². The Balaban J connectivity index is 2.02. The number of azo groups is 1. The van der Waals surface area contributed by atoms with Crippen molar-refractivity contribution in [2.75, 3.05) is 13.2 Å². The van der Waals surface area contributed by atoms with Gasteiger partial charge in [-0.2, -0.15) is 0 Å². The SMILES string of the molecule is O=C(O)COc1ccc(N=[N+]([O-])c2ccc(OCC(=O)O)cc2)cc1. The van der Waals surface area contributed by atoms with Gasteiger partial charge < -0.3 is 24.9 Å². The van der Waals surface area contributed by atoms with Crippen LogP contribution in [0.4, 0.5) is 11.4 Å². The van der Waals surface area contributed by atoms with Crippen molar-refractivity contribution in [2.45, 2.75) is 0 Å². The summed E-state index contributed by atoms with van der Waals surface area (Å²) >= 11 is 0. The van der Waals surface area contributed by atoms with Gasteiger partial charge in [-0.05, 0) is 36.4 Å². The molecule has 0 spiro atoms. The number of hydrogen-bond acceptors (Lipinski definition) is 6. The van der Waals surface area contributed by atoms with Gasteiger partial charge in [0.1, 0.15) is 17.2 Å². The molecule has 0 bridgehead atoms. The maximum absolute atomic E-state index is 12.0. The van der Waals surface area contributed by atoms with Gasteiger partial charge in [0, 0.05) is 17.2 Å². The average molecular weight is 346 g/mol. The van der Waals surface area contributed by atoms with Crippen LogP contribution in [0.25, 0.3) is 0 Å². The van der Waals surface area contributed by atoms with Crippen molar-refractivity contribution in [1.82, 2.24) is 0 Å². The number of nitrogens with zero attached hydrogens (tertiary/aromatic N) is 2. The van der Waals surface area contributed by atoms with Crippen LogP contribution < -0.4 is 9.47 Å². The molecule has 0 aliphatic carbocycles. The van der Waals surface area contributed by atoms with E-state index in [1.165, 1.54) is 48.5 Å². The molecule has 0 fully saturated rings. The van der Waals surface area contributed by atoms with E-state index in [1.807, 2.05) is 0 Å². The van der Waals surface area contributed by atoms with E-state index in [0.717, 1.165) is 0 Å². The zero-order valence-electron chi connectivity index (χ0n) is 12.9. The Bertz CT molecular complexity index is 770. The molecule has 0 radical (unpaired) electrons. The third kappa shape index (κ3) is 5.82. The van der Waals surface area contributed by atoms with Gasteiger partial charge in [0.15, 0.2) is 13.2 Å². The Labute approximate surface area is 141 Å². The Morgan fingerprint density at radius 1 is 0.880 bits per heavy atom. The molecule has 2 N–H and O–H groups in total. The number of ether oxygens (including phenoxy) is 2. The first-order valence-electron chi connectivity index (χ1n) is 7.02. The Morgan fingerprint density at radius 2 is 1.32 bits per heavy atom. The van der Waals surface area contributed by atoms with Crippen LogP contribution in [0.3, 0.4) is 0 Å². The minimum Gasteiger partial charge on any atom is -0.594 e. The molecular formula is C16H14N2O7. The maximum Gasteiger partial charge on any atom is 0.341 e. The van der Waals surface area contributed by atoms with Crippen LogP contribution >= 0.6 is 0 Å². The molecule has 0 saturated heterocycles. The second-order valence-electron chi connectivity index (χ2n) is 4.73. The van der Waals surface area contributed by atoms with Gasteiger partial charge in [0.2, 0.25) is 5.69 Å². The summed E-state index contributed by atoms with van der Waals surface area (Å²) in [4.78, 5) is 21.2. The van der Waals surface area contributed by atoms with E-state index in [9.17, 15) is 14.8 Å². The summed E-state index contributed by atoms with van der Waals surface area (Å²) in [5.41, 5.74) is 0.581. The highest BCUT2D eigenvalue weighted by Crippen LogP contribution is 2.22. The standard InChI is InChI=1S/C16H14N2O7/c19-15(20)9-24-13-5-1-11(2-6-13)17-18(23)12-3-7-14(8-4-12)25-10-16(21)22/h1-8H,9-10H2,(H,19,20)(H,21,22). The van der Waals surface area contributed by atoms with E-state index in [-0.39, 0.29) is 5.69 Å². The van der Waals surface area contributed by atoms with E-state index in [1.54, 1.807) is 0 Å². The fraction of sp³-hybridized carbons (Fsp3) is 0.125. The molecule has 2 aromatic carbocycles. The van der Waals surface area contributed by atoms with Crippen molar-refractivity contribution < 1.29 is 34.1 Å². The number of carboxylic acid groups (broad SMARTS) is 2. The molecule has 2 rings (SSSR count). The minimum absolute atomic E-state index is 0.230. The zero-order chi connectivity index (χ0) is 18.2. The molecule has 0 aliphatic rings. The minimum atomic E-state index is -1.10. The lowest BCUT2D eigenvalue weighted by molar-refractivity contribution is -0.435. The topological polar surface area (TPSA) is 131 Å². The Kier molecular flexibility index (Phi) is 5.88. The molecule has 0 unspecified atom stereocenters. The van der Waals surface area contributed by atoms with Gasteiger partial charge in [0.25, 0.3) is 0 Å². The molecule has 0 amide bonds. The van der Waals surface area contributed by atoms with Gasteiger partial charge in [-0.1, -0.05) is 4.86 Å². The molecule has 0 aromatic heterocycles. The molecule has 25 heavy (non-hydrogen) atoms. The third-order valence-electron chi connectivity index (χ3n) is 2.83. The number of aliphatic carboxylic acids is 2. The first-order valence-corrected chi connectivity index (χ1v) is 7.02. The number of rotatable bonds is 8. The van der Waals surface area contributed by atoms with Gasteiger partial charge in [-0.3, -0.25) is 0 Å². The first-order chi connectivity index (χ1) is 11.9. The van der Waals surface area contributed by atoms with Crippen LogP contribution in [-0.4, -0.2) is 40.2 Å². The summed E-state index contributed by atoms with van der Waals surface area (Å²) in [5.74, 6) is -1.52. The molecule has 9 nitrogen and oxygen atoms in total. The lowest BCUT2D eigenvalue weighted by atomic mass is 10.3. The van der Waals surface area contributed by atoms with Crippen molar-refractivity contribution in [3.05, 3.63) is 53.7 Å². The molecule has 9 heteroatoms. The summed E-state index contributed by atoms with van der Waals surface area (Å²) in [6.45, 7) is -0.929. The van der Waals surface area contributed by atoms with Crippen LogP contribution in [0.2, 0.25) is 0 Å². The van der Waals surface area contributed by atoms with Crippen LogP contribution in [0.1, 0.15) is 0 Å². The lowest BCUT2D eigenvalue weighted by Gasteiger charge is -2.04. The third-order valence-corrected chi connectivity index (χ3v) is 2.83. The molecule has 130 valence electrons. The summed E-state index contributed by atoms with van der Waals surface area (Å²) in [5, 5.41) is 32.9. The van der Waals surface area contributed by atoms with E-state index >= 15 is 0 Å². The maximum atomic E-state index is 12.0. The van der Waals surface area contributed by atoms with Crippen molar-refractivity contribution in [3.63, 3.8) is 0 Å². The van der Waals surface area contributed by atoms with Crippen LogP contribution in [0.5, 0.6) is 11.5 Å². The molecule has 2 aromatic rings. The predicted molar refractivity (Wildman–Crippen MR) is 84.5 cm³/mol. The number of benzene rings is 2. The second kappa shape index (κ2) is 8.29. The normalized spacial score (nSPS) is 11.0. The summed E-state index contributed by atoms with van der Waals surface area (Å²) in [6, 6.07) is 11.8. The lowest BCUT2D eigenvalue weighted by Crippen LogP contribution is -2.09. The second-order valence-corrected chi connectivity index (χ2v) is 4.73. The van der Waals surface area contributed by atoms with Crippen LogP contribution in [0.15, 0.2) is 53.6 Å². The summed E-state index contributed by atoms with van der Waals surface area (Å²) in [6.07, 6.45) is 0. The zero-order valence-corrected chi connectivity index (χ0v) is 12.9. The molecule has 0 aliphatic heterocycles. The first kappa shape index (κ1) is 17.7. The van der Waals surface area contributed by atoms with Gasteiger partial charge >= 0.3 is 11.9 Å². The van der Waals surface area contributed by atoms with E-state index in [2.05, 4.69) is 5.11 Å². The molecule has 0 saturated carbocycles. The highest BCUT2D eigenvalue weighted by Gasteiger charge is 2.06. The quantitative estimate of drug-likeness (QED) is 0.426. The molecule has 0 atom stereocenters. The summed E-state index contributed by atoms with van der Waals surface area (Å²) in [7, 11) is 0. The fourth-order valence-corrected chi connectivity index (χ4v) is 1.73.